The summed E-state index contributed by atoms with van der Waals surface area (Å²) in [7, 11) is 0. The maximum Gasteiger partial charge on any atom is 0.411 e. The zero-order valence-corrected chi connectivity index (χ0v) is 12.6. The Bertz CT molecular complexity index is 367. The highest BCUT2D eigenvalue weighted by atomic mass is 79.9. The Morgan fingerprint density at radius 3 is 2.37 bits per heavy atom. The van der Waals surface area contributed by atoms with Gasteiger partial charge in [0, 0.05) is 17.0 Å². The Morgan fingerprint density at radius 1 is 1.21 bits per heavy atom. The molecule has 0 heterocycles. The van der Waals surface area contributed by atoms with Gasteiger partial charge in [0.1, 0.15) is 6.61 Å². The van der Waals surface area contributed by atoms with Crippen LogP contribution in [0.2, 0.25) is 0 Å². The van der Waals surface area contributed by atoms with E-state index in [9.17, 15) is 13.2 Å². The molecule has 0 bridgehead atoms. The maximum atomic E-state index is 11.9. The Labute approximate surface area is 124 Å². The van der Waals surface area contributed by atoms with E-state index in [0.717, 1.165) is 10.0 Å². The Balaban J connectivity index is 2.31. The lowest BCUT2D eigenvalue weighted by atomic mass is 9.96. The first-order chi connectivity index (χ1) is 8.92. The summed E-state index contributed by atoms with van der Waals surface area (Å²) >= 11 is 9.24. The average molecular weight is 360 g/mol. The minimum Gasteiger partial charge on any atom is -0.372 e. The topological polar surface area (TPSA) is 9.23 Å². The van der Waals surface area contributed by atoms with Crippen LogP contribution in [0.25, 0.3) is 0 Å². The molecular formula is C13H15BrClF3O. The van der Waals surface area contributed by atoms with Crippen LogP contribution >= 0.6 is 27.5 Å². The lowest BCUT2D eigenvalue weighted by molar-refractivity contribution is -0.174. The number of benzene rings is 1. The third-order valence-corrected chi connectivity index (χ3v) is 3.54. The van der Waals surface area contributed by atoms with Crippen molar-refractivity contribution in [2.75, 3.05) is 19.1 Å². The highest BCUT2D eigenvalue weighted by molar-refractivity contribution is 9.10. The van der Waals surface area contributed by atoms with E-state index in [1.807, 2.05) is 24.3 Å². The van der Waals surface area contributed by atoms with Crippen molar-refractivity contribution in [3.05, 3.63) is 34.3 Å². The number of halogens is 5. The van der Waals surface area contributed by atoms with Gasteiger partial charge in [-0.3, -0.25) is 0 Å². The fraction of sp³-hybridized carbons (Fsp3) is 0.538. The maximum absolute atomic E-state index is 11.9. The van der Waals surface area contributed by atoms with E-state index in [-0.39, 0.29) is 12.5 Å². The van der Waals surface area contributed by atoms with E-state index in [0.29, 0.717) is 18.7 Å². The smallest absolute Gasteiger partial charge is 0.372 e. The lowest BCUT2D eigenvalue weighted by Gasteiger charge is -2.14. The predicted molar refractivity (Wildman–Crippen MR) is 73.7 cm³/mol. The van der Waals surface area contributed by atoms with E-state index in [2.05, 4.69) is 20.7 Å². The average Bonchev–Trinajstić information content (AvgIpc) is 2.34. The van der Waals surface area contributed by atoms with Crippen LogP contribution in [0, 0.1) is 0 Å². The van der Waals surface area contributed by atoms with Crippen LogP contribution in [0.3, 0.4) is 0 Å². The number of alkyl halides is 4. The summed E-state index contributed by atoms with van der Waals surface area (Å²) in [6, 6.07) is 7.78. The molecule has 1 nitrogen and oxygen atoms in total. The van der Waals surface area contributed by atoms with Crippen molar-refractivity contribution < 1.29 is 17.9 Å². The highest BCUT2D eigenvalue weighted by Crippen LogP contribution is 2.24. The quantitative estimate of drug-likeness (QED) is 0.484. The number of rotatable bonds is 7. The van der Waals surface area contributed by atoms with E-state index in [4.69, 9.17) is 11.6 Å². The van der Waals surface area contributed by atoms with Gasteiger partial charge in [-0.2, -0.15) is 13.2 Å². The minimum atomic E-state index is -4.25. The van der Waals surface area contributed by atoms with Gasteiger partial charge in [0.15, 0.2) is 0 Å². The second-order valence-corrected chi connectivity index (χ2v) is 5.44. The second kappa shape index (κ2) is 8.12. The molecule has 0 aliphatic rings. The summed E-state index contributed by atoms with van der Waals surface area (Å²) in [5.41, 5.74) is 1.09. The first-order valence-corrected chi connectivity index (χ1v) is 7.21. The molecule has 0 saturated heterocycles. The Morgan fingerprint density at radius 2 is 1.84 bits per heavy atom. The number of ether oxygens (including phenoxy) is 1. The first-order valence-electron chi connectivity index (χ1n) is 5.88. The molecule has 6 heteroatoms. The largest absolute Gasteiger partial charge is 0.411 e. The van der Waals surface area contributed by atoms with Crippen LogP contribution in [0.4, 0.5) is 13.2 Å². The normalized spacial score (nSPS) is 13.5. The molecule has 0 saturated carbocycles. The molecule has 1 rings (SSSR count). The molecule has 0 amide bonds. The van der Waals surface area contributed by atoms with E-state index in [1.165, 1.54) is 0 Å². The van der Waals surface area contributed by atoms with Crippen molar-refractivity contribution in [3.8, 4) is 0 Å². The molecule has 1 aromatic carbocycles. The van der Waals surface area contributed by atoms with Gasteiger partial charge in [-0.05, 0) is 36.5 Å². The summed E-state index contributed by atoms with van der Waals surface area (Å²) in [6.45, 7) is -1.08. The molecule has 1 aromatic rings. The lowest BCUT2D eigenvalue weighted by Crippen LogP contribution is -2.17. The molecule has 0 aliphatic heterocycles. The summed E-state index contributed by atoms with van der Waals surface area (Å²) in [6.07, 6.45) is -2.98. The van der Waals surface area contributed by atoms with Crippen LogP contribution in [0.1, 0.15) is 24.3 Å². The van der Waals surface area contributed by atoms with Crippen LogP contribution in [0.5, 0.6) is 0 Å². The van der Waals surface area contributed by atoms with Crippen LogP contribution in [0.15, 0.2) is 28.7 Å². The molecule has 0 aromatic heterocycles. The molecular weight excluding hydrogens is 344 g/mol. The van der Waals surface area contributed by atoms with Crippen LogP contribution < -0.4 is 0 Å². The molecule has 0 aliphatic carbocycles. The third kappa shape index (κ3) is 7.18. The van der Waals surface area contributed by atoms with Gasteiger partial charge >= 0.3 is 6.18 Å². The standard InChI is InChI=1S/C13H15BrClF3O/c14-12-5-3-10(4-6-12)11(8-15)2-1-7-19-9-13(16,17)18/h3-6,11H,1-2,7-9H2. The molecule has 108 valence electrons. The van der Waals surface area contributed by atoms with Gasteiger partial charge in [-0.1, -0.05) is 28.1 Å². The van der Waals surface area contributed by atoms with Gasteiger partial charge in [0.25, 0.3) is 0 Å². The van der Waals surface area contributed by atoms with Crippen molar-refractivity contribution in [2.24, 2.45) is 0 Å². The molecule has 1 atom stereocenters. The van der Waals surface area contributed by atoms with Gasteiger partial charge in [0.2, 0.25) is 0 Å². The monoisotopic (exact) mass is 358 g/mol. The molecule has 0 spiro atoms. The molecule has 0 radical (unpaired) electrons. The van der Waals surface area contributed by atoms with Gasteiger partial charge in [-0.25, -0.2) is 0 Å². The predicted octanol–water partition coefficient (Wildman–Crippen LogP) is 5.13. The van der Waals surface area contributed by atoms with Crippen molar-refractivity contribution in [1.29, 1.82) is 0 Å². The first kappa shape index (κ1) is 16.8. The second-order valence-electron chi connectivity index (χ2n) is 4.21. The summed E-state index contributed by atoms with van der Waals surface area (Å²) in [5, 5.41) is 0. The van der Waals surface area contributed by atoms with Crippen LogP contribution in [-0.4, -0.2) is 25.3 Å². The Kier molecular flexibility index (Phi) is 7.18. The zero-order chi connectivity index (χ0) is 14.3. The van der Waals surface area contributed by atoms with Crippen molar-refractivity contribution >= 4 is 27.5 Å². The summed E-state index contributed by atoms with van der Waals surface area (Å²) in [4.78, 5) is 0. The van der Waals surface area contributed by atoms with Crippen molar-refractivity contribution in [2.45, 2.75) is 24.9 Å². The van der Waals surface area contributed by atoms with Crippen LogP contribution in [-0.2, 0) is 4.74 Å². The van der Waals surface area contributed by atoms with Crippen molar-refractivity contribution in [1.82, 2.24) is 0 Å². The fourth-order valence-electron chi connectivity index (χ4n) is 1.69. The number of hydrogen-bond donors (Lipinski definition) is 0. The summed E-state index contributed by atoms with van der Waals surface area (Å²) < 4.78 is 41.1. The molecule has 19 heavy (non-hydrogen) atoms. The Hall–Kier alpha value is -0.260. The fourth-order valence-corrected chi connectivity index (χ4v) is 2.28. The SMILES string of the molecule is FC(F)(F)COCCCC(CCl)c1ccc(Br)cc1. The minimum absolute atomic E-state index is 0.101. The van der Waals surface area contributed by atoms with Gasteiger partial charge in [-0.15, -0.1) is 11.6 Å². The summed E-state index contributed by atoms with van der Waals surface area (Å²) in [5.74, 6) is 0.588. The molecule has 1 unspecified atom stereocenters. The van der Waals surface area contributed by atoms with E-state index in [1.54, 1.807) is 0 Å². The third-order valence-electron chi connectivity index (χ3n) is 2.63. The van der Waals surface area contributed by atoms with Gasteiger partial charge in [0.05, 0.1) is 0 Å². The molecule has 0 fully saturated rings. The van der Waals surface area contributed by atoms with Crippen molar-refractivity contribution in [3.63, 3.8) is 0 Å². The van der Waals surface area contributed by atoms with E-state index >= 15 is 0 Å². The molecule has 0 N–H and O–H groups in total. The number of hydrogen-bond acceptors (Lipinski definition) is 1. The van der Waals surface area contributed by atoms with E-state index < -0.39 is 12.8 Å². The zero-order valence-electron chi connectivity index (χ0n) is 10.2. The highest BCUT2D eigenvalue weighted by Gasteiger charge is 2.27. The van der Waals surface area contributed by atoms with Gasteiger partial charge < -0.3 is 4.74 Å².